The second kappa shape index (κ2) is 2.19. The van der Waals surface area contributed by atoms with Crippen molar-refractivity contribution in [2.45, 2.75) is 31.7 Å². The van der Waals surface area contributed by atoms with Crippen LogP contribution < -0.4 is 0 Å². The molecule has 0 radical (unpaired) electrons. The van der Waals surface area contributed by atoms with Crippen LogP contribution in [0, 0.1) is 0 Å². The van der Waals surface area contributed by atoms with Crippen molar-refractivity contribution in [2.75, 3.05) is 0 Å². The summed E-state index contributed by atoms with van der Waals surface area (Å²) in [4.78, 5) is 0. The van der Waals surface area contributed by atoms with Gasteiger partial charge in [0.2, 0.25) is 0 Å². The molecule has 1 N–H and O–H groups in total. The number of hydrogen-bond acceptors (Lipinski definition) is 0. The largest absolute Gasteiger partial charge is 0.675 e. The Morgan fingerprint density at radius 2 is 1.57 bits per heavy atom. The Balaban J connectivity index is 0.000000360. The van der Waals surface area contributed by atoms with Gasteiger partial charge in [-0.3, -0.25) is 0 Å². The molecule has 1 saturated carbocycles. The Kier molecular flexibility index (Phi) is 1.86. The van der Waals surface area contributed by atoms with E-state index in [0.717, 1.165) is 12.8 Å². The Hall–Kier alpha value is -1.04. The van der Waals surface area contributed by atoms with Crippen LogP contribution in [0.3, 0.4) is 0 Å². The van der Waals surface area contributed by atoms with Gasteiger partial charge in [0.05, 0.1) is 0 Å². The fraction of sp³-hybridized carbons (Fsp3) is 1.00. The first-order valence-corrected chi connectivity index (χ1v) is 2.61. The van der Waals surface area contributed by atoms with Crippen LogP contribution >= 0.6 is 0 Å². The van der Waals surface area contributed by atoms with Crippen molar-refractivity contribution in [1.29, 1.82) is 0 Å². The summed E-state index contributed by atoms with van der Waals surface area (Å²) in [6, 6.07) is 0.296. The van der Waals surface area contributed by atoms with Gasteiger partial charge in [0.1, 0.15) is 0 Å². The van der Waals surface area contributed by atoms with Crippen molar-refractivity contribution in [3.63, 3.8) is 0 Å². The molecule has 1 fully saturated rings. The van der Waals surface area contributed by atoms with Crippen LogP contribution in [-0.2, 0) is 0 Å². The minimum Gasteiger partial charge on any atom is -0.675 e. The zero-order valence-electron chi connectivity index (χ0n) is 4.61. The van der Waals surface area contributed by atoms with E-state index in [-0.39, 0.29) is 0 Å². The minimum atomic E-state index is 0. The summed E-state index contributed by atoms with van der Waals surface area (Å²) in [5, 5.41) is 0. The Morgan fingerprint density at radius 3 is 1.71 bits per heavy atom. The Bertz CT molecular complexity index is 41.3. The first kappa shape index (κ1) is 5.96. The predicted molar refractivity (Wildman–Crippen MR) is 26.6 cm³/mol. The van der Waals surface area contributed by atoms with Crippen molar-refractivity contribution >= 4 is 0 Å². The molecule has 7 heavy (non-hydrogen) atoms. The van der Waals surface area contributed by atoms with Crippen LogP contribution in [0.15, 0.2) is 0 Å². The summed E-state index contributed by atoms with van der Waals surface area (Å²) in [7, 11) is 0. The van der Waals surface area contributed by atoms with Gasteiger partial charge in [-0.05, 0) is 0 Å². The minimum absolute atomic E-state index is 0. The van der Waals surface area contributed by atoms with Crippen molar-refractivity contribution in [3.8, 4) is 0 Å². The first-order valence-electron chi connectivity index (χ1n) is 2.61. The van der Waals surface area contributed by atoms with Crippen molar-refractivity contribution in [2.24, 2.45) is 0 Å². The Labute approximate surface area is 38.5 Å². The molecule has 0 bridgehead atoms. The molecule has 1 aliphatic carbocycles. The van der Waals surface area contributed by atoms with Gasteiger partial charge in [0.15, 0.2) is 0 Å². The van der Waals surface area contributed by atoms with E-state index in [9.17, 15) is 0 Å². The molecule has 0 aliphatic heterocycles. The second-order valence-corrected chi connectivity index (χ2v) is 1.98. The third-order valence-corrected chi connectivity index (χ3v) is 1.36. The van der Waals surface area contributed by atoms with E-state index in [1.165, 1.54) is 12.8 Å². The van der Waals surface area contributed by atoms with E-state index >= 15 is 0 Å². The molecule has 2 heteroatoms. The molecule has 1 nitrogen and oxygen atoms in total. The summed E-state index contributed by atoms with van der Waals surface area (Å²) >= 11 is 0. The normalized spacial score (nSPS) is 21.9. The van der Waals surface area contributed by atoms with E-state index < -0.39 is 0 Å². The number of rotatable bonds is 0. The zero-order chi connectivity index (χ0) is 4.41. The maximum atomic E-state index is 7.13. The van der Waals surface area contributed by atoms with Gasteiger partial charge in [-0.25, -0.2) is 0 Å². The van der Waals surface area contributed by atoms with E-state index in [0.29, 0.717) is 6.04 Å². The van der Waals surface area contributed by atoms with Gasteiger partial charge in [-0.15, -0.1) is 6.04 Å². The molecule has 0 saturated heterocycles. The van der Waals surface area contributed by atoms with Crippen LogP contribution in [0.1, 0.15) is 25.7 Å². The van der Waals surface area contributed by atoms with Gasteiger partial charge in [-0.1, -0.05) is 25.7 Å². The molecule has 0 amide bonds. The van der Waals surface area contributed by atoms with Crippen molar-refractivity contribution in [3.05, 3.63) is 5.73 Å². The van der Waals surface area contributed by atoms with Gasteiger partial charge in [0, 0.05) is 0 Å². The second-order valence-electron chi connectivity index (χ2n) is 1.98. The fourth-order valence-corrected chi connectivity index (χ4v) is 0.926. The van der Waals surface area contributed by atoms with Gasteiger partial charge in [0.25, 0.3) is 0 Å². The molecule has 0 aromatic carbocycles. The topological polar surface area (TPSA) is 23.8 Å². The number of hydrogen-bond donors (Lipinski definition) is 0. The third kappa shape index (κ3) is 1.22. The summed E-state index contributed by atoms with van der Waals surface area (Å²) in [6.07, 6.45) is 4.91. The van der Waals surface area contributed by atoms with E-state index in [4.69, 9.17) is 5.73 Å². The summed E-state index contributed by atoms with van der Waals surface area (Å²) in [5.74, 6) is 0. The SMILES string of the molecule is [NH-]C1CCCC1.[Rf]. The average molecular weight is 351 g/mol. The standard InChI is InChI=1S/C5H10N.Rf/c6-5-3-1-2-4-5;/h5-6H,1-4H2;/q-1;. The maximum Gasteiger partial charge on any atom is 0 e. The first-order chi connectivity index (χ1) is 2.89. The van der Waals surface area contributed by atoms with Crippen LogP contribution in [0.5, 0.6) is 0 Å². The number of nitrogens with one attached hydrogen (secondary N) is 1. The summed E-state index contributed by atoms with van der Waals surface area (Å²) < 4.78 is 0. The fourth-order valence-electron chi connectivity index (χ4n) is 0.926. The molecule has 1 rings (SSSR count). The predicted octanol–water partition coefficient (Wildman–Crippen LogP) is 1.98. The molecule has 38 valence electrons. The third-order valence-electron chi connectivity index (χ3n) is 1.36. The Morgan fingerprint density at radius 1 is 1.14 bits per heavy atom. The molecular weight excluding hydrogens is 341 g/mol. The molecule has 0 aromatic heterocycles. The zero-order valence-corrected chi connectivity index (χ0v) is 11.0. The van der Waals surface area contributed by atoms with Gasteiger partial charge < -0.3 is 5.73 Å². The maximum absolute atomic E-state index is 7.13. The molecular formula is C5H10NRf-. The summed E-state index contributed by atoms with van der Waals surface area (Å²) in [5.41, 5.74) is 7.13. The summed E-state index contributed by atoms with van der Waals surface area (Å²) in [6.45, 7) is 0. The molecule has 1 aliphatic rings. The van der Waals surface area contributed by atoms with Crippen LogP contribution in [0.4, 0.5) is 0 Å². The smallest absolute Gasteiger partial charge is 0 e. The van der Waals surface area contributed by atoms with Crippen molar-refractivity contribution < 1.29 is 0 Å². The van der Waals surface area contributed by atoms with Gasteiger partial charge in [-0.2, -0.15) is 0 Å². The molecule has 0 atom stereocenters. The molecule has 0 unspecified atom stereocenters. The van der Waals surface area contributed by atoms with Crippen molar-refractivity contribution in [1.82, 2.24) is 0 Å². The van der Waals surface area contributed by atoms with Gasteiger partial charge >= 0.3 is 0 Å². The van der Waals surface area contributed by atoms with Crippen LogP contribution in [0.2, 0.25) is 0 Å². The quantitative estimate of drug-likeness (QED) is 0.638. The van der Waals surface area contributed by atoms with Crippen LogP contribution in [0.25, 0.3) is 5.73 Å². The molecule has 0 spiro atoms. The molecule has 0 heterocycles. The average Bonchev–Trinajstić information content (AvgIpc) is 1.86. The monoisotopic (exact) mass is 351 g/mol. The van der Waals surface area contributed by atoms with E-state index in [2.05, 4.69) is 0 Å². The van der Waals surface area contributed by atoms with E-state index in [1.54, 1.807) is 0 Å². The van der Waals surface area contributed by atoms with Crippen LogP contribution in [-0.4, -0.2) is 6.04 Å². The van der Waals surface area contributed by atoms with E-state index in [1.807, 2.05) is 0 Å². The molecule has 0 aromatic rings.